The molecule has 0 unspecified atom stereocenters. The van der Waals surface area contributed by atoms with Crippen molar-refractivity contribution in [2.75, 3.05) is 6.61 Å². The topological polar surface area (TPSA) is 93.2 Å². The van der Waals surface area contributed by atoms with E-state index in [0.29, 0.717) is 5.56 Å². The van der Waals surface area contributed by atoms with Gasteiger partial charge in [0.2, 0.25) is 0 Å². The molecule has 0 N–H and O–H groups in total. The summed E-state index contributed by atoms with van der Waals surface area (Å²) < 4.78 is 4.69. The van der Waals surface area contributed by atoms with Gasteiger partial charge in [0.15, 0.2) is 0 Å². The van der Waals surface area contributed by atoms with E-state index in [1.165, 1.54) is 12.1 Å². The van der Waals surface area contributed by atoms with Crippen LogP contribution >= 0.6 is 0 Å². The number of esters is 1. The number of nitriles is 1. The molecular formula is C13H10N2O4. The van der Waals surface area contributed by atoms with Gasteiger partial charge in [-0.3, -0.25) is 14.9 Å². The molecule has 0 spiro atoms. The van der Waals surface area contributed by atoms with Crippen molar-refractivity contribution in [3.05, 3.63) is 39.4 Å². The van der Waals surface area contributed by atoms with Crippen molar-refractivity contribution in [2.24, 2.45) is 0 Å². The van der Waals surface area contributed by atoms with Crippen LogP contribution in [0.5, 0.6) is 0 Å². The Balaban J connectivity index is 2.91. The minimum Gasteiger partial charge on any atom is -0.465 e. The van der Waals surface area contributed by atoms with E-state index in [1.54, 1.807) is 6.92 Å². The molecule has 6 heteroatoms. The highest BCUT2D eigenvalue weighted by atomic mass is 16.6. The summed E-state index contributed by atoms with van der Waals surface area (Å²) in [4.78, 5) is 21.0. The van der Waals surface area contributed by atoms with Gasteiger partial charge in [0.1, 0.15) is 12.5 Å². The fourth-order valence-corrected chi connectivity index (χ4v) is 1.27. The van der Waals surface area contributed by atoms with Crippen molar-refractivity contribution in [3.8, 4) is 17.9 Å². The molecule has 6 nitrogen and oxygen atoms in total. The smallest absolute Gasteiger partial charge is 0.317 e. The predicted octanol–water partition coefficient (Wildman–Crippen LogP) is 1.77. The van der Waals surface area contributed by atoms with Gasteiger partial charge in [-0.25, -0.2) is 0 Å². The van der Waals surface area contributed by atoms with E-state index in [1.807, 2.05) is 6.07 Å². The Morgan fingerprint density at radius 1 is 1.47 bits per heavy atom. The van der Waals surface area contributed by atoms with Gasteiger partial charge in [-0.2, -0.15) is 5.26 Å². The number of nitro groups is 1. The van der Waals surface area contributed by atoms with E-state index in [-0.39, 0.29) is 24.3 Å². The van der Waals surface area contributed by atoms with Crippen molar-refractivity contribution in [1.29, 1.82) is 5.26 Å². The van der Waals surface area contributed by atoms with E-state index in [4.69, 9.17) is 10.00 Å². The van der Waals surface area contributed by atoms with Gasteiger partial charge in [0.05, 0.1) is 17.1 Å². The van der Waals surface area contributed by atoms with Gasteiger partial charge in [-0.1, -0.05) is 11.8 Å². The fraction of sp³-hybridized carbons (Fsp3) is 0.231. The number of nitrogens with zero attached hydrogens (tertiary/aromatic N) is 2. The van der Waals surface area contributed by atoms with E-state index in [9.17, 15) is 14.9 Å². The van der Waals surface area contributed by atoms with Crippen LogP contribution in [0.2, 0.25) is 0 Å². The molecule has 0 aliphatic carbocycles. The van der Waals surface area contributed by atoms with Gasteiger partial charge >= 0.3 is 5.97 Å². The molecule has 0 fully saturated rings. The maximum atomic E-state index is 11.1. The first-order chi connectivity index (χ1) is 9.08. The van der Waals surface area contributed by atoms with Crippen LogP contribution in [0, 0.1) is 33.3 Å². The van der Waals surface area contributed by atoms with Crippen LogP contribution in [0.1, 0.15) is 24.5 Å². The van der Waals surface area contributed by atoms with Crippen LogP contribution < -0.4 is 0 Å². The molecule has 0 aliphatic rings. The normalized spacial score (nSPS) is 8.84. The molecule has 1 aromatic carbocycles. The summed E-state index contributed by atoms with van der Waals surface area (Å²) >= 11 is 0. The van der Waals surface area contributed by atoms with Crippen molar-refractivity contribution in [3.63, 3.8) is 0 Å². The lowest BCUT2D eigenvalue weighted by molar-refractivity contribution is -0.384. The molecule has 0 saturated carbocycles. The fourth-order valence-electron chi connectivity index (χ4n) is 1.27. The van der Waals surface area contributed by atoms with Crippen molar-refractivity contribution in [2.45, 2.75) is 13.3 Å². The van der Waals surface area contributed by atoms with Gasteiger partial charge in [0, 0.05) is 17.7 Å². The number of hydrogen-bond acceptors (Lipinski definition) is 5. The third-order valence-corrected chi connectivity index (χ3v) is 2.10. The highest BCUT2D eigenvalue weighted by Crippen LogP contribution is 2.16. The zero-order valence-corrected chi connectivity index (χ0v) is 10.2. The molecule has 0 radical (unpaired) electrons. The zero-order chi connectivity index (χ0) is 14.3. The average Bonchev–Trinajstić information content (AvgIpc) is 2.39. The van der Waals surface area contributed by atoms with Crippen molar-refractivity contribution >= 4 is 11.7 Å². The van der Waals surface area contributed by atoms with Gasteiger partial charge in [-0.05, 0) is 13.0 Å². The van der Waals surface area contributed by atoms with Crippen molar-refractivity contribution in [1.82, 2.24) is 0 Å². The predicted molar refractivity (Wildman–Crippen MR) is 65.9 cm³/mol. The summed E-state index contributed by atoms with van der Waals surface area (Å²) in [6, 6.07) is 5.62. The third kappa shape index (κ3) is 4.14. The van der Waals surface area contributed by atoms with E-state index < -0.39 is 10.9 Å². The number of carbonyl (C=O) groups excluding carboxylic acids is 1. The monoisotopic (exact) mass is 258 g/mol. The molecule has 0 amide bonds. The third-order valence-electron chi connectivity index (χ3n) is 2.10. The van der Waals surface area contributed by atoms with Crippen LogP contribution in [0.25, 0.3) is 0 Å². The molecule has 19 heavy (non-hydrogen) atoms. The second kappa shape index (κ2) is 6.77. The highest BCUT2D eigenvalue weighted by molar-refractivity contribution is 5.72. The molecule has 0 heterocycles. The maximum Gasteiger partial charge on any atom is 0.317 e. The largest absolute Gasteiger partial charge is 0.465 e. The van der Waals surface area contributed by atoms with Crippen LogP contribution in [-0.2, 0) is 9.53 Å². The summed E-state index contributed by atoms with van der Waals surface area (Å²) in [6.45, 7) is 1.97. The zero-order valence-electron chi connectivity index (χ0n) is 10.2. The Labute approximate surface area is 109 Å². The molecule has 0 bridgehead atoms. The second-order valence-electron chi connectivity index (χ2n) is 3.38. The lowest BCUT2D eigenvalue weighted by atomic mass is 10.1. The Morgan fingerprint density at radius 2 is 2.21 bits per heavy atom. The van der Waals surface area contributed by atoms with Crippen molar-refractivity contribution < 1.29 is 14.5 Å². The minimum absolute atomic E-state index is 0.0876. The molecular weight excluding hydrogens is 248 g/mol. The lowest BCUT2D eigenvalue weighted by Crippen LogP contribution is -2.01. The van der Waals surface area contributed by atoms with E-state index in [0.717, 1.165) is 6.07 Å². The number of non-ortho nitro benzene ring substituents is 1. The Kier molecular flexibility index (Phi) is 5.06. The Morgan fingerprint density at radius 3 is 2.79 bits per heavy atom. The molecule has 1 aromatic rings. The number of benzene rings is 1. The highest BCUT2D eigenvalue weighted by Gasteiger charge is 2.09. The molecule has 96 valence electrons. The molecule has 0 aromatic heterocycles. The molecule has 0 atom stereocenters. The van der Waals surface area contributed by atoms with E-state index in [2.05, 4.69) is 11.8 Å². The van der Waals surface area contributed by atoms with E-state index >= 15 is 0 Å². The maximum absolute atomic E-state index is 11.1. The average molecular weight is 258 g/mol. The van der Waals surface area contributed by atoms with Gasteiger partial charge < -0.3 is 4.74 Å². The standard InChI is InChI=1S/C13H10N2O4/c1-2-19-13(16)5-3-4-10-6-7-12(15(17)18)8-11(10)9-14/h6-8H,2,5H2,1H3. The number of ether oxygens (including phenoxy) is 1. The van der Waals surface area contributed by atoms with Gasteiger partial charge in [0.25, 0.3) is 5.69 Å². The summed E-state index contributed by atoms with van der Waals surface area (Å²) in [5.74, 6) is 4.74. The summed E-state index contributed by atoms with van der Waals surface area (Å²) in [5.41, 5.74) is 0.274. The molecule has 0 saturated heterocycles. The number of rotatable bonds is 3. The first-order valence-electron chi connectivity index (χ1n) is 5.41. The number of hydrogen-bond donors (Lipinski definition) is 0. The summed E-state index contributed by atoms with van der Waals surface area (Å²) in [6.07, 6.45) is -0.0876. The molecule has 1 rings (SSSR count). The number of carbonyl (C=O) groups is 1. The van der Waals surface area contributed by atoms with Crippen LogP contribution in [0.3, 0.4) is 0 Å². The summed E-state index contributed by atoms with van der Waals surface area (Å²) in [5, 5.41) is 19.4. The number of nitro benzene ring substituents is 1. The molecule has 0 aliphatic heterocycles. The summed E-state index contributed by atoms with van der Waals surface area (Å²) in [7, 11) is 0. The Bertz CT molecular complexity index is 605. The SMILES string of the molecule is CCOC(=O)CC#Cc1ccc([N+](=O)[O-])cc1C#N. The van der Waals surface area contributed by atoms with Crippen LogP contribution in [-0.4, -0.2) is 17.5 Å². The second-order valence-corrected chi connectivity index (χ2v) is 3.38. The van der Waals surface area contributed by atoms with Gasteiger partial charge in [-0.15, -0.1) is 0 Å². The lowest BCUT2D eigenvalue weighted by Gasteiger charge is -1.96. The quantitative estimate of drug-likeness (QED) is 0.356. The Hall–Kier alpha value is -2.86. The first kappa shape index (κ1) is 14.2. The first-order valence-corrected chi connectivity index (χ1v) is 5.41. The minimum atomic E-state index is -0.587. The van der Waals surface area contributed by atoms with Crippen LogP contribution in [0.15, 0.2) is 18.2 Å². The van der Waals surface area contributed by atoms with Crippen LogP contribution in [0.4, 0.5) is 5.69 Å².